The van der Waals surface area contributed by atoms with Crippen LogP contribution in [0.25, 0.3) is 0 Å². The third-order valence-corrected chi connectivity index (χ3v) is 2.20. The molecule has 0 N–H and O–H groups in total. The number of furan rings is 1. The SMILES string of the molecule is O=C1CCCc2oc(C(F)(F)F)cc21. The van der Waals surface area contributed by atoms with Gasteiger partial charge in [-0.05, 0) is 6.42 Å². The number of Topliss-reactive ketones (excluding diaryl/α,β-unsaturated/α-hetero) is 1. The van der Waals surface area contributed by atoms with Crippen LogP contribution in [0.15, 0.2) is 10.5 Å². The molecule has 76 valence electrons. The Bertz CT molecular complexity index is 376. The number of hydrogen-bond donors (Lipinski definition) is 0. The average Bonchev–Trinajstić information content (AvgIpc) is 2.48. The predicted octanol–water partition coefficient (Wildman–Crippen LogP) is 2.82. The van der Waals surface area contributed by atoms with E-state index >= 15 is 0 Å². The van der Waals surface area contributed by atoms with Crippen molar-refractivity contribution in [2.45, 2.75) is 25.4 Å². The van der Waals surface area contributed by atoms with Crippen molar-refractivity contribution in [2.75, 3.05) is 0 Å². The predicted molar refractivity (Wildman–Crippen MR) is 41.0 cm³/mol. The van der Waals surface area contributed by atoms with Crippen molar-refractivity contribution in [3.8, 4) is 0 Å². The topological polar surface area (TPSA) is 30.2 Å². The van der Waals surface area contributed by atoms with E-state index in [0.717, 1.165) is 6.07 Å². The van der Waals surface area contributed by atoms with Gasteiger partial charge in [0.25, 0.3) is 0 Å². The lowest BCUT2D eigenvalue weighted by atomic mass is 9.97. The van der Waals surface area contributed by atoms with E-state index in [1.54, 1.807) is 0 Å². The third kappa shape index (κ3) is 1.42. The lowest BCUT2D eigenvalue weighted by Gasteiger charge is -2.06. The van der Waals surface area contributed by atoms with E-state index in [4.69, 9.17) is 0 Å². The molecular weight excluding hydrogens is 197 g/mol. The Morgan fingerprint density at radius 1 is 1.29 bits per heavy atom. The minimum atomic E-state index is -4.50. The molecule has 0 atom stereocenters. The second-order valence-corrected chi connectivity index (χ2v) is 3.22. The van der Waals surface area contributed by atoms with Crippen LogP contribution in [0.4, 0.5) is 13.2 Å². The van der Waals surface area contributed by atoms with Crippen molar-refractivity contribution < 1.29 is 22.4 Å². The number of hydrogen-bond acceptors (Lipinski definition) is 2. The van der Waals surface area contributed by atoms with Crippen molar-refractivity contribution in [3.05, 3.63) is 23.2 Å². The van der Waals surface area contributed by atoms with E-state index in [9.17, 15) is 18.0 Å². The van der Waals surface area contributed by atoms with E-state index < -0.39 is 11.9 Å². The van der Waals surface area contributed by atoms with Crippen LogP contribution in [-0.4, -0.2) is 5.78 Å². The second kappa shape index (κ2) is 2.87. The zero-order valence-corrected chi connectivity index (χ0v) is 7.15. The summed E-state index contributed by atoms with van der Waals surface area (Å²) in [6, 6.07) is 0.802. The lowest BCUT2D eigenvalue weighted by molar-refractivity contribution is -0.153. The zero-order valence-electron chi connectivity index (χ0n) is 7.15. The van der Waals surface area contributed by atoms with Crippen LogP contribution in [0, 0.1) is 0 Å². The molecule has 0 aliphatic heterocycles. The molecule has 1 aromatic heterocycles. The van der Waals surface area contributed by atoms with Crippen molar-refractivity contribution in [2.24, 2.45) is 0 Å². The molecule has 0 unspecified atom stereocenters. The summed E-state index contributed by atoms with van der Waals surface area (Å²) in [6.45, 7) is 0. The van der Waals surface area contributed by atoms with Crippen LogP contribution in [0.2, 0.25) is 0 Å². The highest BCUT2D eigenvalue weighted by atomic mass is 19.4. The summed E-state index contributed by atoms with van der Waals surface area (Å²) in [5, 5.41) is 0. The maximum atomic E-state index is 12.2. The summed E-state index contributed by atoms with van der Waals surface area (Å²) in [4.78, 5) is 11.2. The molecule has 0 saturated carbocycles. The Morgan fingerprint density at radius 2 is 2.00 bits per heavy atom. The molecule has 1 aliphatic carbocycles. The van der Waals surface area contributed by atoms with Crippen LogP contribution in [0.1, 0.15) is 34.7 Å². The fourth-order valence-electron chi connectivity index (χ4n) is 1.53. The number of fused-ring (bicyclic) bond motifs is 1. The molecule has 0 radical (unpaired) electrons. The normalized spacial score (nSPS) is 16.9. The van der Waals surface area contributed by atoms with Crippen LogP contribution in [0.5, 0.6) is 0 Å². The first-order chi connectivity index (χ1) is 6.48. The van der Waals surface area contributed by atoms with Crippen LogP contribution < -0.4 is 0 Å². The maximum absolute atomic E-state index is 12.2. The van der Waals surface area contributed by atoms with E-state index in [2.05, 4.69) is 4.42 Å². The number of rotatable bonds is 0. The summed E-state index contributed by atoms with van der Waals surface area (Å²) in [7, 11) is 0. The van der Waals surface area contributed by atoms with Crippen LogP contribution in [-0.2, 0) is 12.6 Å². The van der Waals surface area contributed by atoms with Gasteiger partial charge in [-0.3, -0.25) is 4.79 Å². The molecule has 0 saturated heterocycles. The molecule has 0 bridgehead atoms. The summed E-state index contributed by atoms with van der Waals surface area (Å²) in [5.74, 6) is -1.16. The van der Waals surface area contributed by atoms with Crippen molar-refractivity contribution in [1.29, 1.82) is 0 Å². The minimum absolute atomic E-state index is 0.101. The standard InChI is InChI=1S/C9H7F3O2/c10-9(11,12)8-4-5-6(13)2-1-3-7(5)14-8/h4H,1-3H2. The van der Waals surface area contributed by atoms with Crippen LogP contribution in [0.3, 0.4) is 0 Å². The lowest BCUT2D eigenvalue weighted by Crippen LogP contribution is -2.07. The quantitative estimate of drug-likeness (QED) is 0.650. The van der Waals surface area contributed by atoms with Gasteiger partial charge in [-0.15, -0.1) is 0 Å². The number of carbonyl (C=O) groups excluding carboxylic acids is 1. The Kier molecular flexibility index (Phi) is 1.90. The highest BCUT2D eigenvalue weighted by Gasteiger charge is 2.37. The van der Waals surface area contributed by atoms with Crippen molar-refractivity contribution >= 4 is 5.78 Å². The number of carbonyl (C=O) groups is 1. The van der Waals surface area contributed by atoms with Gasteiger partial charge in [-0.2, -0.15) is 13.2 Å². The van der Waals surface area contributed by atoms with E-state index in [1.807, 2.05) is 0 Å². The largest absolute Gasteiger partial charge is 0.456 e. The molecule has 14 heavy (non-hydrogen) atoms. The van der Waals surface area contributed by atoms with Gasteiger partial charge >= 0.3 is 6.18 Å². The van der Waals surface area contributed by atoms with Crippen LogP contribution >= 0.6 is 0 Å². The van der Waals surface area contributed by atoms with Crippen molar-refractivity contribution in [3.63, 3.8) is 0 Å². The molecule has 5 heteroatoms. The number of alkyl halides is 3. The number of halogens is 3. The first kappa shape index (κ1) is 9.30. The van der Waals surface area contributed by atoms with Gasteiger partial charge in [-0.25, -0.2) is 0 Å². The van der Waals surface area contributed by atoms with Gasteiger partial charge in [0.05, 0.1) is 5.56 Å². The molecule has 1 heterocycles. The average molecular weight is 204 g/mol. The fourth-order valence-corrected chi connectivity index (χ4v) is 1.53. The van der Waals surface area contributed by atoms with Gasteiger partial charge < -0.3 is 4.42 Å². The maximum Gasteiger partial charge on any atom is 0.449 e. The summed E-state index contributed by atoms with van der Waals surface area (Å²) >= 11 is 0. The molecule has 0 spiro atoms. The molecule has 0 aromatic carbocycles. The van der Waals surface area contributed by atoms with E-state index in [-0.39, 0.29) is 17.1 Å². The Balaban J connectivity index is 2.45. The van der Waals surface area contributed by atoms with Gasteiger partial charge in [0, 0.05) is 18.9 Å². The molecule has 1 aromatic rings. The minimum Gasteiger partial charge on any atom is -0.456 e. The fraction of sp³-hybridized carbons (Fsp3) is 0.444. The van der Waals surface area contributed by atoms with Gasteiger partial charge in [-0.1, -0.05) is 0 Å². The molecule has 2 nitrogen and oxygen atoms in total. The molecular formula is C9H7F3O2. The second-order valence-electron chi connectivity index (χ2n) is 3.22. The van der Waals surface area contributed by atoms with Gasteiger partial charge in [0.15, 0.2) is 5.78 Å². The van der Waals surface area contributed by atoms with Gasteiger partial charge in [0.2, 0.25) is 5.76 Å². The molecule has 0 amide bonds. The molecule has 1 aliphatic rings. The Morgan fingerprint density at radius 3 is 2.57 bits per heavy atom. The monoisotopic (exact) mass is 204 g/mol. The highest BCUT2D eigenvalue weighted by Crippen LogP contribution is 2.34. The third-order valence-electron chi connectivity index (χ3n) is 2.20. The number of ketones is 1. The number of aryl methyl sites for hydroxylation is 1. The Hall–Kier alpha value is -1.26. The van der Waals surface area contributed by atoms with Gasteiger partial charge in [0.1, 0.15) is 5.76 Å². The summed E-state index contributed by atoms with van der Waals surface area (Å²) in [6.07, 6.45) is -3.21. The highest BCUT2D eigenvalue weighted by molar-refractivity contribution is 5.98. The van der Waals surface area contributed by atoms with Crippen molar-refractivity contribution in [1.82, 2.24) is 0 Å². The molecule has 0 fully saturated rings. The first-order valence-electron chi connectivity index (χ1n) is 4.21. The Labute approximate surface area is 77.7 Å². The zero-order chi connectivity index (χ0) is 10.3. The summed E-state index contributed by atoms with van der Waals surface area (Å²) < 4.78 is 41.2. The smallest absolute Gasteiger partial charge is 0.449 e. The van der Waals surface area contributed by atoms with E-state index in [0.29, 0.717) is 19.3 Å². The van der Waals surface area contributed by atoms with E-state index in [1.165, 1.54) is 0 Å². The summed E-state index contributed by atoms with van der Waals surface area (Å²) in [5.41, 5.74) is 0.101. The first-order valence-corrected chi connectivity index (χ1v) is 4.21. The molecule has 2 rings (SSSR count).